The summed E-state index contributed by atoms with van der Waals surface area (Å²) in [6.07, 6.45) is 1.57. The third kappa shape index (κ3) is 7.56. The highest BCUT2D eigenvalue weighted by Gasteiger charge is 2.19. The van der Waals surface area contributed by atoms with Crippen LogP contribution in [0.25, 0.3) is 0 Å². The zero-order valence-corrected chi connectivity index (χ0v) is 23.3. The van der Waals surface area contributed by atoms with Crippen molar-refractivity contribution in [3.8, 4) is 0 Å². The number of carbonyl (C=O) groups excluding carboxylic acids is 1. The summed E-state index contributed by atoms with van der Waals surface area (Å²) in [7, 11) is -7.31. The second kappa shape index (κ2) is 11.4. The molecule has 3 aromatic carbocycles. The number of hydrogen-bond acceptors (Lipinski definition) is 5. The second-order valence-electron chi connectivity index (χ2n) is 9.20. The Morgan fingerprint density at radius 2 is 1.46 bits per heavy atom. The predicted octanol–water partition coefficient (Wildman–Crippen LogP) is 4.91. The predicted molar refractivity (Wildman–Crippen MR) is 149 cm³/mol. The van der Waals surface area contributed by atoms with Crippen LogP contribution in [0.2, 0.25) is 0 Å². The first kappa shape index (κ1) is 28.2. The molecule has 8 nitrogen and oxygen atoms in total. The third-order valence-corrected chi connectivity index (χ3v) is 8.61. The molecular weight excluding hydrogens is 510 g/mol. The molecule has 0 saturated carbocycles. The maximum Gasteiger partial charge on any atom is 0.261 e. The number of rotatable bonds is 10. The van der Waals surface area contributed by atoms with Gasteiger partial charge in [-0.1, -0.05) is 18.2 Å². The fourth-order valence-electron chi connectivity index (χ4n) is 3.74. The molecule has 10 heteroatoms. The molecule has 0 heterocycles. The van der Waals surface area contributed by atoms with Crippen LogP contribution in [-0.4, -0.2) is 35.5 Å². The van der Waals surface area contributed by atoms with E-state index < -0.39 is 20.0 Å². The van der Waals surface area contributed by atoms with Crippen molar-refractivity contribution in [1.29, 1.82) is 0 Å². The lowest BCUT2D eigenvalue weighted by Gasteiger charge is -2.23. The Labute approximate surface area is 219 Å². The molecule has 0 fully saturated rings. The van der Waals surface area contributed by atoms with E-state index in [2.05, 4.69) is 10.0 Å². The van der Waals surface area contributed by atoms with E-state index in [4.69, 9.17) is 0 Å². The van der Waals surface area contributed by atoms with E-state index in [0.717, 1.165) is 28.5 Å². The van der Waals surface area contributed by atoms with Crippen molar-refractivity contribution in [3.63, 3.8) is 0 Å². The van der Waals surface area contributed by atoms with E-state index in [9.17, 15) is 21.6 Å². The van der Waals surface area contributed by atoms with E-state index in [-0.39, 0.29) is 23.8 Å². The molecule has 0 spiro atoms. The average Bonchev–Trinajstić information content (AvgIpc) is 2.80. The Kier molecular flexibility index (Phi) is 8.65. The van der Waals surface area contributed by atoms with Gasteiger partial charge in [0, 0.05) is 18.7 Å². The molecular formula is C27H33N3O5S2. The molecule has 0 atom stereocenters. The Hall–Kier alpha value is -3.37. The number of sulfonamides is 2. The van der Waals surface area contributed by atoms with Gasteiger partial charge < -0.3 is 5.32 Å². The summed E-state index contributed by atoms with van der Waals surface area (Å²) in [6, 6.07) is 16.9. The van der Waals surface area contributed by atoms with Crippen molar-refractivity contribution < 1.29 is 21.6 Å². The van der Waals surface area contributed by atoms with Crippen LogP contribution < -0.4 is 14.3 Å². The van der Waals surface area contributed by atoms with E-state index >= 15 is 0 Å². The summed E-state index contributed by atoms with van der Waals surface area (Å²) in [5, 5.41) is 2.73. The summed E-state index contributed by atoms with van der Waals surface area (Å²) >= 11 is 0. The standard InChI is InChI=1S/C27H33N3O5S2/c1-19-8-9-21(3)26(17-19)29-37(34,35)25-14-11-23(12-15-25)28-27(31)7-6-16-30(36(5,32)33)24-13-10-20(2)22(4)18-24/h8-15,17-18,29H,6-7,16H2,1-5H3,(H,28,31). The molecule has 0 aliphatic carbocycles. The number of anilines is 3. The molecule has 198 valence electrons. The molecule has 0 aliphatic heterocycles. The van der Waals surface area contributed by atoms with Crippen molar-refractivity contribution in [2.75, 3.05) is 27.1 Å². The second-order valence-corrected chi connectivity index (χ2v) is 12.8. The summed E-state index contributed by atoms with van der Waals surface area (Å²) in [4.78, 5) is 12.5. The van der Waals surface area contributed by atoms with E-state index in [1.54, 1.807) is 12.1 Å². The van der Waals surface area contributed by atoms with Crippen molar-refractivity contribution in [2.24, 2.45) is 0 Å². The number of hydrogen-bond donors (Lipinski definition) is 2. The van der Waals surface area contributed by atoms with Crippen molar-refractivity contribution >= 4 is 43.0 Å². The zero-order valence-electron chi connectivity index (χ0n) is 21.7. The van der Waals surface area contributed by atoms with Crippen LogP contribution in [0.1, 0.15) is 35.1 Å². The first-order valence-electron chi connectivity index (χ1n) is 11.8. The fourth-order valence-corrected chi connectivity index (χ4v) is 5.82. The summed E-state index contributed by atoms with van der Waals surface area (Å²) in [5.74, 6) is -0.294. The maximum absolute atomic E-state index is 12.8. The summed E-state index contributed by atoms with van der Waals surface area (Å²) in [5.41, 5.74) is 5.33. The summed E-state index contributed by atoms with van der Waals surface area (Å²) < 4.78 is 54.1. The Morgan fingerprint density at radius 1 is 0.811 bits per heavy atom. The van der Waals surface area contributed by atoms with Gasteiger partial charge in [-0.3, -0.25) is 13.8 Å². The van der Waals surface area contributed by atoms with Crippen LogP contribution >= 0.6 is 0 Å². The van der Waals surface area contributed by atoms with Gasteiger partial charge in [0.1, 0.15) is 0 Å². The van der Waals surface area contributed by atoms with Gasteiger partial charge in [0.05, 0.1) is 22.5 Å². The molecule has 2 N–H and O–H groups in total. The molecule has 37 heavy (non-hydrogen) atoms. The molecule has 0 unspecified atom stereocenters. The number of amides is 1. The largest absolute Gasteiger partial charge is 0.326 e. The van der Waals surface area contributed by atoms with Crippen LogP contribution in [0.4, 0.5) is 17.1 Å². The fraction of sp³-hybridized carbons (Fsp3) is 0.296. The average molecular weight is 544 g/mol. The molecule has 0 aromatic heterocycles. The minimum absolute atomic E-state index is 0.0728. The molecule has 1 amide bonds. The monoisotopic (exact) mass is 543 g/mol. The first-order valence-corrected chi connectivity index (χ1v) is 15.1. The molecule has 0 radical (unpaired) electrons. The van der Waals surface area contributed by atoms with Gasteiger partial charge in [0.15, 0.2) is 0 Å². The summed E-state index contributed by atoms with van der Waals surface area (Å²) in [6.45, 7) is 7.75. The van der Waals surface area contributed by atoms with Crippen LogP contribution in [0.5, 0.6) is 0 Å². The lowest BCUT2D eigenvalue weighted by Crippen LogP contribution is -2.31. The van der Waals surface area contributed by atoms with Gasteiger partial charge in [-0.15, -0.1) is 0 Å². The highest BCUT2D eigenvalue weighted by atomic mass is 32.2. The minimum Gasteiger partial charge on any atom is -0.326 e. The highest BCUT2D eigenvalue weighted by Crippen LogP contribution is 2.23. The Morgan fingerprint density at radius 3 is 2.08 bits per heavy atom. The Bertz CT molecular complexity index is 1500. The molecule has 0 aliphatic rings. The van der Waals surface area contributed by atoms with Crippen LogP contribution in [0, 0.1) is 27.7 Å². The Balaban J connectivity index is 1.60. The highest BCUT2D eigenvalue weighted by molar-refractivity contribution is 7.92. The van der Waals surface area contributed by atoms with Crippen LogP contribution in [-0.2, 0) is 24.8 Å². The van der Waals surface area contributed by atoms with Crippen molar-refractivity contribution in [2.45, 2.75) is 45.4 Å². The quantitative estimate of drug-likeness (QED) is 0.377. The third-order valence-electron chi connectivity index (χ3n) is 6.03. The van der Waals surface area contributed by atoms with Crippen molar-refractivity contribution in [3.05, 3.63) is 82.9 Å². The normalized spacial score (nSPS) is 11.7. The number of aryl methyl sites for hydroxylation is 4. The maximum atomic E-state index is 12.8. The van der Waals surface area contributed by atoms with Gasteiger partial charge in [0.25, 0.3) is 10.0 Å². The number of nitrogens with zero attached hydrogens (tertiary/aromatic N) is 1. The van der Waals surface area contributed by atoms with E-state index in [1.165, 1.54) is 28.6 Å². The smallest absolute Gasteiger partial charge is 0.261 e. The van der Waals surface area contributed by atoms with Gasteiger partial charge in [-0.05, 0) is 98.8 Å². The van der Waals surface area contributed by atoms with Gasteiger partial charge in [-0.2, -0.15) is 0 Å². The van der Waals surface area contributed by atoms with Gasteiger partial charge in [-0.25, -0.2) is 16.8 Å². The zero-order chi connectivity index (χ0) is 27.4. The molecule has 3 rings (SSSR count). The van der Waals surface area contributed by atoms with E-state index in [1.807, 2.05) is 52.0 Å². The van der Waals surface area contributed by atoms with Crippen molar-refractivity contribution in [1.82, 2.24) is 0 Å². The molecule has 0 saturated heterocycles. The number of nitrogens with one attached hydrogen (secondary N) is 2. The number of benzene rings is 3. The SMILES string of the molecule is Cc1ccc(C)c(NS(=O)(=O)c2ccc(NC(=O)CCCN(c3ccc(C)c(C)c3)S(C)(=O)=O)cc2)c1. The lowest BCUT2D eigenvalue weighted by atomic mass is 10.1. The van der Waals surface area contributed by atoms with E-state index in [0.29, 0.717) is 23.5 Å². The van der Waals surface area contributed by atoms with Crippen LogP contribution in [0.15, 0.2) is 65.6 Å². The number of carbonyl (C=O) groups is 1. The lowest BCUT2D eigenvalue weighted by molar-refractivity contribution is -0.116. The van der Waals surface area contributed by atoms with Gasteiger partial charge in [0.2, 0.25) is 15.9 Å². The first-order chi connectivity index (χ1) is 17.3. The topological polar surface area (TPSA) is 113 Å². The molecule has 3 aromatic rings. The van der Waals surface area contributed by atoms with Gasteiger partial charge >= 0.3 is 0 Å². The molecule has 0 bridgehead atoms. The van der Waals surface area contributed by atoms with Crippen LogP contribution in [0.3, 0.4) is 0 Å². The minimum atomic E-state index is -3.79.